The largest absolute Gasteiger partial charge is 0.302 e. The molecule has 1 aromatic heterocycles. The molecule has 58 valence electrons. The molecule has 4 nitrogen and oxygen atoms in total. The fourth-order valence-corrected chi connectivity index (χ4v) is 1.03. The lowest BCUT2D eigenvalue weighted by Crippen LogP contribution is -1.91. The van der Waals surface area contributed by atoms with Crippen molar-refractivity contribution in [3.63, 3.8) is 0 Å². The first-order valence-corrected chi connectivity index (χ1v) is 3.67. The van der Waals surface area contributed by atoms with Crippen LogP contribution in [0.4, 0.5) is 5.69 Å². The van der Waals surface area contributed by atoms with Crippen LogP contribution in [0.1, 0.15) is 5.56 Å². The van der Waals surface area contributed by atoms with Crippen LogP contribution in [0.3, 0.4) is 0 Å². The Hall–Kier alpha value is -0.970. The van der Waals surface area contributed by atoms with E-state index in [0.29, 0.717) is 0 Å². The second-order valence-electron chi connectivity index (χ2n) is 2.08. The first kappa shape index (κ1) is 8.13. The molecule has 0 saturated heterocycles. The van der Waals surface area contributed by atoms with Crippen LogP contribution in [0.15, 0.2) is 16.9 Å². The Bertz CT molecular complexity index is 301. The molecule has 11 heavy (non-hydrogen) atoms. The Kier molecular flexibility index (Phi) is 2.19. The van der Waals surface area contributed by atoms with Gasteiger partial charge in [-0.2, -0.15) is 0 Å². The minimum Gasteiger partial charge on any atom is -0.258 e. The van der Waals surface area contributed by atoms with Gasteiger partial charge in [-0.05, 0) is 28.4 Å². The van der Waals surface area contributed by atoms with E-state index >= 15 is 0 Å². The van der Waals surface area contributed by atoms with Crippen molar-refractivity contribution < 1.29 is 4.92 Å². The molecule has 1 heterocycles. The summed E-state index contributed by atoms with van der Waals surface area (Å²) in [6.45, 7) is 1.76. The molecular weight excluding hydrogens is 212 g/mol. The number of pyridine rings is 1. The highest BCUT2D eigenvalue weighted by atomic mass is 79.9. The molecule has 0 spiro atoms. The summed E-state index contributed by atoms with van der Waals surface area (Å²) < 4.78 is 0.271. The van der Waals surface area contributed by atoms with Gasteiger partial charge in [0, 0.05) is 12.3 Å². The van der Waals surface area contributed by atoms with Gasteiger partial charge in [-0.15, -0.1) is 0 Å². The Balaban J connectivity index is 3.23. The zero-order valence-electron chi connectivity index (χ0n) is 5.74. The minimum atomic E-state index is -0.468. The monoisotopic (exact) mass is 216 g/mol. The van der Waals surface area contributed by atoms with Gasteiger partial charge in [-0.25, -0.2) is 4.98 Å². The smallest absolute Gasteiger partial charge is 0.258 e. The summed E-state index contributed by atoms with van der Waals surface area (Å²) in [5, 5.41) is 10.3. The van der Waals surface area contributed by atoms with Crippen molar-refractivity contribution in [3.05, 3.63) is 32.5 Å². The zero-order valence-corrected chi connectivity index (χ0v) is 7.33. The summed E-state index contributed by atoms with van der Waals surface area (Å²) in [7, 11) is 0. The molecule has 0 fully saturated rings. The van der Waals surface area contributed by atoms with Gasteiger partial charge in [-0.1, -0.05) is 0 Å². The van der Waals surface area contributed by atoms with E-state index in [4.69, 9.17) is 0 Å². The molecule has 1 rings (SSSR count). The van der Waals surface area contributed by atoms with Crippen molar-refractivity contribution in [2.45, 2.75) is 6.92 Å². The highest BCUT2D eigenvalue weighted by Crippen LogP contribution is 2.22. The third kappa shape index (κ3) is 1.74. The van der Waals surface area contributed by atoms with Crippen LogP contribution >= 0.6 is 15.9 Å². The Morgan fingerprint density at radius 1 is 1.73 bits per heavy atom. The molecule has 0 N–H and O–H groups in total. The highest BCUT2D eigenvalue weighted by molar-refractivity contribution is 9.10. The second kappa shape index (κ2) is 2.96. The number of aromatic nitrogens is 1. The van der Waals surface area contributed by atoms with Crippen LogP contribution in [0.2, 0.25) is 0 Å². The average Bonchev–Trinajstić information content (AvgIpc) is 1.94. The maximum absolute atomic E-state index is 10.3. The van der Waals surface area contributed by atoms with Gasteiger partial charge >= 0.3 is 5.69 Å². The first-order chi connectivity index (χ1) is 5.11. The van der Waals surface area contributed by atoms with Crippen LogP contribution in [0.25, 0.3) is 0 Å². The Labute approximate surface area is 71.5 Å². The van der Waals surface area contributed by atoms with E-state index in [1.165, 1.54) is 6.07 Å². The number of nitrogens with zero attached hydrogens (tertiary/aromatic N) is 2. The third-order valence-electron chi connectivity index (χ3n) is 1.15. The first-order valence-electron chi connectivity index (χ1n) is 2.88. The molecule has 0 unspecified atom stereocenters. The van der Waals surface area contributed by atoms with E-state index in [-0.39, 0.29) is 10.3 Å². The van der Waals surface area contributed by atoms with Gasteiger partial charge in [0.15, 0.2) is 4.60 Å². The van der Waals surface area contributed by atoms with Crippen LogP contribution in [-0.2, 0) is 0 Å². The SMILES string of the molecule is Cc1cnc(Br)c([N+](=O)[O-])c1. The molecule has 0 radical (unpaired) electrons. The van der Waals surface area contributed by atoms with Gasteiger partial charge in [0.2, 0.25) is 0 Å². The summed E-state index contributed by atoms with van der Waals surface area (Å²) in [6, 6.07) is 1.47. The maximum Gasteiger partial charge on any atom is 0.302 e. The normalized spacial score (nSPS) is 9.64. The lowest BCUT2D eigenvalue weighted by Gasteiger charge is -1.94. The van der Waals surface area contributed by atoms with Crippen molar-refractivity contribution in [3.8, 4) is 0 Å². The van der Waals surface area contributed by atoms with Crippen LogP contribution < -0.4 is 0 Å². The lowest BCUT2D eigenvalue weighted by molar-refractivity contribution is -0.386. The molecular formula is C6H5BrN2O2. The van der Waals surface area contributed by atoms with Crippen LogP contribution in [0, 0.1) is 17.0 Å². The molecule has 0 aliphatic heterocycles. The number of hydrogen-bond acceptors (Lipinski definition) is 3. The van der Waals surface area contributed by atoms with Gasteiger partial charge in [0.05, 0.1) is 4.92 Å². The molecule has 0 bridgehead atoms. The quantitative estimate of drug-likeness (QED) is 0.411. The minimum absolute atomic E-state index is 0.00463. The van der Waals surface area contributed by atoms with Crippen molar-refractivity contribution in [2.75, 3.05) is 0 Å². The Morgan fingerprint density at radius 2 is 2.36 bits per heavy atom. The van der Waals surface area contributed by atoms with Crippen molar-refractivity contribution in [1.82, 2.24) is 4.98 Å². The molecule has 0 aliphatic rings. The highest BCUT2D eigenvalue weighted by Gasteiger charge is 2.11. The molecule has 0 saturated carbocycles. The lowest BCUT2D eigenvalue weighted by atomic mass is 10.3. The summed E-state index contributed by atoms with van der Waals surface area (Å²) in [5.41, 5.74) is 0.782. The Morgan fingerprint density at radius 3 is 2.82 bits per heavy atom. The summed E-state index contributed by atoms with van der Waals surface area (Å²) in [6.07, 6.45) is 1.57. The summed E-state index contributed by atoms with van der Waals surface area (Å²) >= 11 is 2.98. The van der Waals surface area contributed by atoms with Gasteiger partial charge < -0.3 is 0 Å². The third-order valence-corrected chi connectivity index (χ3v) is 1.76. The zero-order chi connectivity index (χ0) is 8.43. The van der Waals surface area contributed by atoms with E-state index in [1.807, 2.05) is 0 Å². The number of rotatable bonds is 1. The van der Waals surface area contributed by atoms with E-state index < -0.39 is 4.92 Å². The second-order valence-corrected chi connectivity index (χ2v) is 2.83. The predicted molar refractivity (Wildman–Crippen MR) is 43.3 cm³/mol. The van der Waals surface area contributed by atoms with Gasteiger partial charge in [0.25, 0.3) is 0 Å². The summed E-state index contributed by atoms with van der Waals surface area (Å²) in [4.78, 5) is 13.6. The number of halogens is 1. The predicted octanol–water partition coefficient (Wildman–Crippen LogP) is 2.06. The van der Waals surface area contributed by atoms with Gasteiger partial charge in [0.1, 0.15) is 0 Å². The molecule has 0 aromatic carbocycles. The molecule has 1 aromatic rings. The molecule has 0 aliphatic carbocycles. The van der Waals surface area contributed by atoms with E-state index in [0.717, 1.165) is 5.56 Å². The maximum atomic E-state index is 10.3. The molecule has 0 amide bonds. The fraction of sp³-hybridized carbons (Fsp3) is 0.167. The number of hydrogen-bond donors (Lipinski definition) is 0. The van der Waals surface area contributed by atoms with Gasteiger partial charge in [-0.3, -0.25) is 10.1 Å². The van der Waals surface area contributed by atoms with Crippen LogP contribution in [0.5, 0.6) is 0 Å². The van der Waals surface area contributed by atoms with E-state index in [2.05, 4.69) is 20.9 Å². The van der Waals surface area contributed by atoms with Crippen LogP contribution in [-0.4, -0.2) is 9.91 Å². The van der Waals surface area contributed by atoms with E-state index in [1.54, 1.807) is 13.1 Å². The number of aryl methyl sites for hydroxylation is 1. The standard InChI is InChI=1S/C6H5BrN2O2/c1-4-2-5(9(10)11)6(7)8-3-4/h2-3H,1H3. The fourth-order valence-electron chi connectivity index (χ4n) is 0.665. The van der Waals surface area contributed by atoms with Crippen molar-refractivity contribution in [1.29, 1.82) is 0 Å². The van der Waals surface area contributed by atoms with E-state index in [9.17, 15) is 10.1 Å². The number of nitro groups is 1. The van der Waals surface area contributed by atoms with Crippen molar-refractivity contribution >= 4 is 21.6 Å². The summed E-state index contributed by atoms with van der Waals surface area (Å²) in [5.74, 6) is 0. The average molecular weight is 217 g/mol. The molecule has 5 heteroatoms. The van der Waals surface area contributed by atoms with Crippen molar-refractivity contribution in [2.24, 2.45) is 0 Å². The topological polar surface area (TPSA) is 56.0 Å². The molecule has 0 atom stereocenters.